The van der Waals surface area contributed by atoms with Crippen LogP contribution in [0.5, 0.6) is 0 Å². The number of nitrogens with zero attached hydrogens (tertiary/aromatic N) is 10. The highest BCUT2D eigenvalue weighted by molar-refractivity contribution is 7.28. The van der Waals surface area contributed by atoms with Crippen LogP contribution in [0.4, 0.5) is 0 Å². The molecule has 0 atom stereocenters. The summed E-state index contributed by atoms with van der Waals surface area (Å²) >= 11 is 5.45. The molecule has 17 aromatic carbocycles. The lowest BCUT2D eigenvalue weighted by atomic mass is 9.81. The van der Waals surface area contributed by atoms with Gasteiger partial charge in [-0.15, -0.1) is 34.0 Å². The van der Waals surface area contributed by atoms with Crippen molar-refractivity contribution < 1.29 is 8.83 Å². The lowest BCUT2D eigenvalue weighted by Gasteiger charge is -2.22. The number of thiophene rings is 3. The standard InChI is InChI=1S/C48H28N4S2.C37H25N3O.C34H19N3OS/c1-3-11-30(12-4-1)45-47-46(44-42(54-47)24-23-41-43(44)35-16-8-10-18-40(35)53-41)50-48(49-45)52-37-17-9-7-15-34(37)36-27-31(21-22-38(36)52)32-20-19-29-25-26-51(39(29)28-32)33-13-5-2-6-14-33;1-37(2)27-17-9-6-14-23(27)26-20-21-30-31(32(26)37)34-35(41-30)33(22-12-4-3-5-13-22)38-36(39-34)40-28-18-10-7-15-24(28)25-16-8-11-19-29(25)40;1-2-10-20(11-3-1)31-33-32(25-19-30-24(18-28(25)38-33)23-14-6-9-17-29(23)39-30)36-34(35-31)37-26-15-7-4-12-21(26)22-13-5-8-16-27(22)37/h1-28H;3-21H,1-2H3;1-19H. The Morgan fingerprint density at radius 2 is 0.716 bits per heavy atom. The van der Waals surface area contributed by atoms with Gasteiger partial charge in [-0.1, -0.05) is 299 Å². The van der Waals surface area contributed by atoms with Crippen LogP contribution in [0.1, 0.15) is 25.0 Å². The predicted octanol–water partition coefficient (Wildman–Crippen LogP) is 32.5. The van der Waals surface area contributed by atoms with Crippen molar-refractivity contribution >= 4 is 215 Å². The zero-order valence-electron chi connectivity index (χ0n) is 72.1. The molecular weight excluding hydrogens is 1700 g/mol. The molecule has 12 nitrogen and oxygen atoms in total. The number of hydrogen-bond acceptors (Lipinski definition) is 11. The lowest BCUT2D eigenvalue weighted by Crippen LogP contribution is -2.15. The molecule has 0 spiro atoms. The van der Waals surface area contributed by atoms with Crippen LogP contribution < -0.4 is 0 Å². The van der Waals surface area contributed by atoms with E-state index in [9.17, 15) is 0 Å². The van der Waals surface area contributed by atoms with Crippen molar-refractivity contribution in [1.82, 2.24) is 48.2 Å². The largest absolute Gasteiger partial charge is 0.452 e. The highest BCUT2D eigenvalue weighted by Crippen LogP contribution is 2.55. The van der Waals surface area contributed by atoms with Crippen molar-refractivity contribution in [3.63, 3.8) is 0 Å². The Morgan fingerprint density at radius 1 is 0.261 bits per heavy atom. The van der Waals surface area contributed by atoms with Gasteiger partial charge in [0.2, 0.25) is 17.8 Å². The fourth-order valence-corrected chi connectivity index (χ4v) is 24.6. The van der Waals surface area contributed by atoms with Crippen LogP contribution in [0.3, 0.4) is 0 Å². The van der Waals surface area contributed by atoms with E-state index in [1.807, 2.05) is 47.7 Å². The van der Waals surface area contributed by atoms with Gasteiger partial charge >= 0.3 is 0 Å². The van der Waals surface area contributed by atoms with Crippen molar-refractivity contribution in [2.75, 3.05) is 0 Å². The number of aromatic nitrogens is 10. The maximum atomic E-state index is 6.67. The van der Waals surface area contributed by atoms with Gasteiger partial charge in [0, 0.05) is 122 Å². The van der Waals surface area contributed by atoms with Crippen LogP contribution in [0.15, 0.2) is 409 Å². The molecule has 0 saturated carbocycles. The van der Waals surface area contributed by atoms with Crippen LogP contribution >= 0.6 is 34.0 Å². The monoisotopic (exact) mass is 1770 g/mol. The summed E-state index contributed by atoms with van der Waals surface area (Å²) in [6.07, 6.45) is 2.16. The number of benzene rings is 17. The molecule has 0 aliphatic heterocycles. The van der Waals surface area contributed by atoms with Gasteiger partial charge in [0.25, 0.3) is 0 Å². The van der Waals surface area contributed by atoms with Crippen LogP contribution in [0.25, 0.3) is 261 Å². The van der Waals surface area contributed by atoms with E-state index in [4.69, 9.17) is 38.7 Å². The van der Waals surface area contributed by atoms with Gasteiger partial charge in [0.1, 0.15) is 33.6 Å². The minimum absolute atomic E-state index is 0.201. The minimum atomic E-state index is -0.201. The molecule has 29 aromatic rings. The van der Waals surface area contributed by atoms with Crippen LogP contribution in [0.2, 0.25) is 0 Å². The third kappa shape index (κ3) is 11.6. The molecular formula is C119H72N10O2S3. The third-order valence-corrected chi connectivity index (χ3v) is 30.6. The van der Waals surface area contributed by atoms with Gasteiger partial charge < -0.3 is 13.4 Å². The molecule has 1 aliphatic rings. The van der Waals surface area contributed by atoms with E-state index < -0.39 is 0 Å². The fourth-order valence-electron chi connectivity index (χ4n) is 21.2. The first-order valence-corrected chi connectivity index (χ1v) is 47.5. The first kappa shape index (κ1) is 76.1. The highest BCUT2D eigenvalue weighted by atomic mass is 32.1. The molecule has 0 unspecified atom stereocenters. The number of hydrogen-bond donors (Lipinski definition) is 0. The second kappa shape index (κ2) is 29.6. The summed E-state index contributed by atoms with van der Waals surface area (Å²) in [5, 5.41) is 16.6. The molecule has 0 bridgehead atoms. The Bertz CT molecular complexity index is 9860. The van der Waals surface area contributed by atoms with Crippen molar-refractivity contribution in [2.45, 2.75) is 19.3 Å². The molecule has 15 heteroatoms. The van der Waals surface area contributed by atoms with Gasteiger partial charge in [-0.25, -0.2) is 29.9 Å². The lowest BCUT2D eigenvalue weighted by molar-refractivity contribution is 0.656. The number of rotatable bonds is 8. The Labute approximate surface area is 776 Å². The number of furan rings is 2. The van der Waals surface area contributed by atoms with Crippen LogP contribution in [0, 0.1) is 0 Å². The van der Waals surface area contributed by atoms with Crippen molar-refractivity contribution in [3.05, 3.63) is 412 Å². The van der Waals surface area contributed by atoms with E-state index in [1.54, 1.807) is 22.7 Å². The number of para-hydroxylation sites is 6. The summed E-state index contributed by atoms with van der Waals surface area (Å²) in [7, 11) is 0. The normalized spacial score (nSPS) is 12.6. The van der Waals surface area contributed by atoms with E-state index >= 15 is 0 Å². The van der Waals surface area contributed by atoms with Crippen LogP contribution in [-0.2, 0) is 5.41 Å². The van der Waals surface area contributed by atoms with E-state index in [2.05, 4.69) is 396 Å². The van der Waals surface area contributed by atoms with E-state index in [-0.39, 0.29) is 5.41 Å². The van der Waals surface area contributed by atoms with Gasteiger partial charge in [-0.2, -0.15) is 0 Å². The fraction of sp³-hybridized carbons (Fsp3) is 0.0252. The smallest absolute Gasteiger partial charge is 0.236 e. The molecule has 0 saturated heterocycles. The molecule has 0 amide bonds. The highest BCUT2D eigenvalue weighted by Gasteiger charge is 2.39. The zero-order chi connectivity index (χ0) is 88.1. The summed E-state index contributed by atoms with van der Waals surface area (Å²) in [5.41, 5.74) is 27.5. The van der Waals surface area contributed by atoms with Gasteiger partial charge in [0.05, 0.1) is 59.9 Å². The van der Waals surface area contributed by atoms with Gasteiger partial charge in [0.15, 0.2) is 11.2 Å². The molecule has 12 aromatic heterocycles. The van der Waals surface area contributed by atoms with Crippen LogP contribution in [-0.4, -0.2) is 48.2 Å². The second-order valence-electron chi connectivity index (χ2n) is 35.1. The molecule has 30 rings (SSSR count). The first-order valence-electron chi connectivity index (χ1n) is 45.0. The quantitative estimate of drug-likeness (QED) is 0.147. The molecule has 0 N–H and O–H groups in total. The van der Waals surface area contributed by atoms with E-state index in [0.717, 1.165) is 121 Å². The third-order valence-electron chi connectivity index (χ3n) is 27.2. The maximum Gasteiger partial charge on any atom is 0.236 e. The molecule has 134 heavy (non-hydrogen) atoms. The average Bonchev–Trinajstić information content (AvgIpc) is 1.54. The number of fused-ring (bicyclic) bond motifs is 30. The summed E-state index contributed by atoms with van der Waals surface area (Å²) in [5.74, 6) is 1.96. The zero-order valence-corrected chi connectivity index (χ0v) is 74.6. The summed E-state index contributed by atoms with van der Waals surface area (Å²) in [6.45, 7) is 4.62. The second-order valence-corrected chi connectivity index (χ2v) is 38.3. The van der Waals surface area contributed by atoms with Gasteiger partial charge in [-0.05, 0) is 148 Å². The summed E-state index contributed by atoms with van der Waals surface area (Å²) < 4.78 is 29.6. The Kier molecular flexibility index (Phi) is 16.8. The Morgan fingerprint density at radius 3 is 1.33 bits per heavy atom. The average molecular weight is 1770 g/mol. The SMILES string of the molecule is CC1(C)c2ccccc2-c2ccc3oc4c(-c5ccccc5)nc(-n5c6ccccc6c6ccccc65)nc4c3c21.c1ccc(-c2nc(-n3c4ccccc4c4cc(-c5ccc6ccn(-c7ccccc7)c6c5)ccc43)nc3c2sc2ccc4sc5ccccc5c4c23)cc1.c1ccc(-c2nc(-n3c4ccccc4c4ccccc43)nc3c2oc2cc4c(cc23)sc2ccccc24)cc1. The van der Waals surface area contributed by atoms with E-state index in [1.165, 1.54) is 127 Å². The van der Waals surface area contributed by atoms with Crippen molar-refractivity contribution in [2.24, 2.45) is 0 Å². The Balaban J connectivity index is 0.000000102. The summed E-state index contributed by atoms with van der Waals surface area (Å²) in [4.78, 5) is 32.0. The predicted molar refractivity (Wildman–Crippen MR) is 558 cm³/mol. The minimum Gasteiger partial charge on any atom is -0.452 e. The maximum absolute atomic E-state index is 6.67. The van der Waals surface area contributed by atoms with E-state index in [0.29, 0.717) is 23.4 Å². The molecule has 0 radical (unpaired) electrons. The van der Waals surface area contributed by atoms with Gasteiger partial charge in [-0.3, -0.25) is 13.7 Å². The first-order chi connectivity index (χ1) is 66.2. The molecule has 0 fully saturated rings. The van der Waals surface area contributed by atoms with Crippen molar-refractivity contribution in [1.29, 1.82) is 0 Å². The summed E-state index contributed by atoms with van der Waals surface area (Å²) in [6, 6.07) is 139. The molecule has 1 aliphatic carbocycles. The molecule has 628 valence electrons. The Hall–Kier alpha value is -16.8. The molecule has 12 heterocycles. The topological polar surface area (TPSA) is 123 Å². The van der Waals surface area contributed by atoms with Crippen molar-refractivity contribution in [3.8, 4) is 79.6 Å².